The van der Waals surface area contributed by atoms with Gasteiger partial charge in [0.1, 0.15) is 0 Å². The molecule has 0 bridgehead atoms. The first-order chi connectivity index (χ1) is 13.2. The molecule has 1 amide bonds. The van der Waals surface area contributed by atoms with Gasteiger partial charge in [0.2, 0.25) is 16.2 Å². The van der Waals surface area contributed by atoms with Crippen molar-refractivity contribution in [2.75, 3.05) is 50.7 Å². The van der Waals surface area contributed by atoms with Crippen LogP contribution in [-0.2, 0) is 4.79 Å². The number of piperazine rings is 1. The van der Waals surface area contributed by atoms with Crippen LogP contribution < -0.4 is 4.90 Å². The topological polar surface area (TPSA) is 57.5 Å². The molecule has 8 heteroatoms. The number of rotatable bonds is 5. The molecule has 7 nitrogen and oxygen atoms in total. The van der Waals surface area contributed by atoms with Crippen LogP contribution in [0.1, 0.15) is 26.2 Å². The second kappa shape index (κ2) is 8.39. The quantitative estimate of drug-likeness (QED) is 0.785. The predicted molar refractivity (Wildman–Crippen MR) is 107 cm³/mol. The maximum Gasteiger partial charge on any atom is 0.227 e. The normalized spacial score (nSPS) is 21.6. The van der Waals surface area contributed by atoms with E-state index in [4.69, 9.17) is 0 Å². The van der Waals surface area contributed by atoms with Crippen molar-refractivity contribution >= 4 is 22.4 Å². The van der Waals surface area contributed by atoms with Gasteiger partial charge in [0.25, 0.3) is 0 Å². The van der Waals surface area contributed by atoms with Crippen LogP contribution in [0.2, 0.25) is 0 Å². The van der Waals surface area contributed by atoms with E-state index >= 15 is 0 Å². The molecule has 27 heavy (non-hydrogen) atoms. The molecule has 2 saturated heterocycles. The Balaban J connectivity index is 1.36. The van der Waals surface area contributed by atoms with Gasteiger partial charge >= 0.3 is 0 Å². The summed E-state index contributed by atoms with van der Waals surface area (Å²) in [5.41, 5.74) is 0. The smallest absolute Gasteiger partial charge is 0.227 e. The fourth-order valence-corrected chi connectivity index (χ4v) is 4.87. The Hall–Kier alpha value is -1.93. The predicted octanol–water partition coefficient (Wildman–Crippen LogP) is 2.10. The number of aromatic nitrogens is 3. The van der Waals surface area contributed by atoms with E-state index in [2.05, 4.69) is 31.8 Å². The van der Waals surface area contributed by atoms with Gasteiger partial charge in [-0.25, -0.2) is 0 Å². The van der Waals surface area contributed by atoms with Crippen molar-refractivity contribution in [1.29, 1.82) is 0 Å². The standard InChI is InChI=1S/C19H28N6OS/c1-2-7-22-11-13-23(14-12-22)17(26)16-6-5-10-25(15-16)19-21-20-18(27-19)24-8-3-4-9-24/h3-4,8-9,16H,2,5-7,10-15H2,1H3/t16-/m1/s1. The first-order valence-corrected chi connectivity index (χ1v) is 10.8. The minimum Gasteiger partial charge on any atom is -0.346 e. The Morgan fingerprint density at radius 1 is 1.11 bits per heavy atom. The van der Waals surface area contributed by atoms with Crippen LogP contribution in [0.25, 0.3) is 5.13 Å². The summed E-state index contributed by atoms with van der Waals surface area (Å²) in [7, 11) is 0. The second-order valence-corrected chi connectivity index (χ2v) is 8.34. The molecule has 2 fully saturated rings. The highest BCUT2D eigenvalue weighted by atomic mass is 32.1. The van der Waals surface area contributed by atoms with E-state index < -0.39 is 0 Å². The van der Waals surface area contributed by atoms with Crippen LogP contribution in [0.3, 0.4) is 0 Å². The molecule has 0 saturated carbocycles. The third-order valence-electron chi connectivity index (χ3n) is 5.49. The average Bonchev–Trinajstić information content (AvgIpc) is 3.40. The molecule has 2 aliphatic heterocycles. The molecule has 0 aliphatic carbocycles. The lowest BCUT2D eigenvalue weighted by molar-refractivity contribution is -0.137. The van der Waals surface area contributed by atoms with E-state index in [0.717, 1.165) is 68.9 Å². The van der Waals surface area contributed by atoms with Crippen LogP contribution >= 0.6 is 11.3 Å². The van der Waals surface area contributed by atoms with Crippen molar-refractivity contribution in [1.82, 2.24) is 24.6 Å². The van der Waals surface area contributed by atoms with Gasteiger partial charge in [-0.05, 0) is 37.9 Å². The first-order valence-electron chi connectivity index (χ1n) is 9.97. The molecular formula is C19H28N6OS. The molecule has 1 atom stereocenters. The molecule has 0 aromatic carbocycles. The summed E-state index contributed by atoms with van der Waals surface area (Å²) >= 11 is 1.59. The van der Waals surface area contributed by atoms with Gasteiger partial charge in [0.05, 0.1) is 5.92 Å². The van der Waals surface area contributed by atoms with Gasteiger partial charge in [-0.15, -0.1) is 10.2 Å². The Kier molecular flexibility index (Phi) is 5.73. The van der Waals surface area contributed by atoms with E-state index in [0.29, 0.717) is 5.91 Å². The van der Waals surface area contributed by atoms with Crippen LogP contribution in [0.15, 0.2) is 24.5 Å². The van der Waals surface area contributed by atoms with Crippen molar-refractivity contribution in [3.05, 3.63) is 24.5 Å². The summed E-state index contributed by atoms with van der Waals surface area (Å²) < 4.78 is 1.98. The summed E-state index contributed by atoms with van der Waals surface area (Å²) in [6.45, 7) is 8.81. The number of amides is 1. The zero-order valence-corrected chi connectivity index (χ0v) is 16.8. The third-order valence-corrected chi connectivity index (χ3v) is 6.49. The minimum absolute atomic E-state index is 0.0791. The van der Waals surface area contributed by atoms with Gasteiger partial charge in [-0.1, -0.05) is 18.3 Å². The second-order valence-electron chi connectivity index (χ2n) is 7.41. The van der Waals surface area contributed by atoms with Crippen LogP contribution in [0.5, 0.6) is 0 Å². The maximum absolute atomic E-state index is 13.0. The van der Waals surface area contributed by atoms with Crippen molar-refractivity contribution in [2.24, 2.45) is 5.92 Å². The first kappa shape index (κ1) is 18.4. The maximum atomic E-state index is 13.0. The number of nitrogens with zero attached hydrogens (tertiary/aromatic N) is 6. The summed E-state index contributed by atoms with van der Waals surface area (Å²) in [4.78, 5) is 19.8. The lowest BCUT2D eigenvalue weighted by Crippen LogP contribution is -2.52. The van der Waals surface area contributed by atoms with E-state index in [1.165, 1.54) is 6.42 Å². The molecular weight excluding hydrogens is 360 g/mol. The number of anilines is 1. The molecule has 2 aromatic heterocycles. The van der Waals surface area contributed by atoms with E-state index in [1.807, 2.05) is 29.1 Å². The average molecular weight is 389 g/mol. The zero-order valence-electron chi connectivity index (χ0n) is 16.0. The number of carbonyl (C=O) groups is 1. The van der Waals surface area contributed by atoms with Crippen molar-refractivity contribution in [3.8, 4) is 5.13 Å². The molecule has 4 rings (SSSR count). The van der Waals surface area contributed by atoms with E-state index in [9.17, 15) is 4.79 Å². The Morgan fingerprint density at radius 3 is 2.59 bits per heavy atom. The Labute approximate surface area is 164 Å². The molecule has 0 spiro atoms. The highest BCUT2D eigenvalue weighted by molar-refractivity contribution is 7.17. The SMILES string of the molecule is CCCN1CCN(C(=O)[C@@H]2CCCN(c3nnc(-n4cccc4)s3)C2)CC1. The summed E-state index contributed by atoms with van der Waals surface area (Å²) in [5.74, 6) is 0.404. The van der Waals surface area contributed by atoms with Gasteiger partial charge in [0.15, 0.2) is 0 Å². The van der Waals surface area contributed by atoms with Crippen LogP contribution in [0.4, 0.5) is 5.13 Å². The summed E-state index contributed by atoms with van der Waals surface area (Å²) in [6, 6.07) is 3.97. The lowest BCUT2D eigenvalue weighted by atomic mass is 9.96. The molecule has 2 aromatic rings. The molecule has 4 heterocycles. The number of hydrogen-bond donors (Lipinski definition) is 0. The van der Waals surface area contributed by atoms with Crippen LogP contribution in [0, 0.1) is 5.92 Å². The summed E-state index contributed by atoms with van der Waals surface area (Å²) in [5, 5.41) is 10.5. The van der Waals surface area contributed by atoms with Gasteiger partial charge in [0, 0.05) is 51.7 Å². The van der Waals surface area contributed by atoms with Gasteiger partial charge < -0.3 is 9.80 Å². The highest BCUT2D eigenvalue weighted by Gasteiger charge is 2.32. The van der Waals surface area contributed by atoms with E-state index in [-0.39, 0.29) is 5.92 Å². The number of piperidine rings is 1. The van der Waals surface area contributed by atoms with Crippen molar-refractivity contribution in [2.45, 2.75) is 26.2 Å². The summed E-state index contributed by atoms with van der Waals surface area (Å²) in [6.07, 6.45) is 7.15. The fraction of sp³-hybridized carbons (Fsp3) is 0.632. The minimum atomic E-state index is 0.0791. The van der Waals surface area contributed by atoms with Gasteiger partial charge in [-0.3, -0.25) is 14.3 Å². The van der Waals surface area contributed by atoms with Gasteiger partial charge in [-0.2, -0.15) is 0 Å². The zero-order chi connectivity index (χ0) is 18.6. The number of carbonyl (C=O) groups excluding carboxylic acids is 1. The van der Waals surface area contributed by atoms with Crippen molar-refractivity contribution < 1.29 is 4.79 Å². The van der Waals surface area contributed by atoms with Crippen molar-refractivity contribution in [3.63, 3.8) is 0 Å². The molecule has 2 aliphatic rings. The largest absolute Gasteiger partial charge is 0.346 e. The van der Waals surface area contributed by atoms with Crippen LogP contribution in [-0.4, -0.2) is 76.3 Å². The lowest BCUT2D eigenvalue weighted by Gasteiger charge is -2.38. The molecule has 0 radical (unpaired) electrons. The Morgan fingerprint density at radius 2 is 1.85 bits per heavy atom. The Bertz CT molecular complexity index is 737. The fourth-order valence-electron chi connectivity index (χ4n) is 4.02. The molecule has 146 valence electrons. The molecule has 0 unspecified atom stereocenters. The third kappa shape index (κ3) is 4.16. The molecule has 0 N–H and O–H groups in total. The number of hydrogen-bond acceptors (Lipinski definition) is 6. The monoisotopic (exact) mass is 388 g/mol. The van der Waals surface area contributed by atoms with E-state index in [1.54, 1.807) is 11.3 Å². The highest BCUT2D eigenvalue weighted by Crippen LogP contribution is 2.28.